The summed E-state index contributed by atoms with van der Waals surface area (Å²) < 4.78 is 5.21. The van der Waals surface area contributed by atoms with E-state index in [2.05, 4.69) is 10.3 Å². The van der Waals surface area contributed by atoms with Gasteiger partial charge in [-0.15, -0.1) is 0 Å². The van der Waals surface area contributed by atoms with E-state index in [1.807, 2.05) is 24.0 Å². The van der Waals surface area contributed by atoms with E-state index in [0.29, 0.717) is 25.5 Å². The van der Waals surface area contributed by atoms with E-state index >= 15 is 0 Å². The summed E-state index contributed by atoms with van der Waals surface area (Å²) in [7, 11) is 1.68. The van der Waals surface area contributed by atoms with E-state index in [-0.39, 0.29) is 11.9 Å². The van der Waals surface area contributed by atoms with Crippen molar-refractivity contribution in [3.8, 4) is 11.4 Å². The second-order valence-corrected chi connectivity index (χ2v) is 6.25. The summed E-state index contributed by atoms with van der Waals surface area (Å²) in [6.07, 6.45) is 4.21. The molecule has 1 N–H and O–H groups in total. The topological polar surface area (TPSA) is 80.2 Å². The number of hydrogen-bond donors (Lipinski definition) is 1. The van der Waals surface area contributed by atoms with Crippen molar-refractivity contribution in [3.05, 3.63) is 35.8 Å². The van der Waals surface area contributed by atoms with Gasteiger partial charge in [0, 0.05) is 50.1 Å². The van der Waals surface area contributed by atoms with Gasteiger partial charge in [0.1, 0.15) is 5.82 Å². The predicted octanol–water partition coefficient (Wildman–Crippen LogP) is 1.89. The fraction of sp³-hybridized carbons (Fsp3) is 0.444. The summed E-state index contributed by atoms with van der Waals surface area (Å²) in [5.41, 5.74) is 2.82. The first-order valence-electron chi connectivity index (χ1n) is 8.39. The first-order chi connectivity index (χ1) is 12.1. The van der Waals surface area contributed by atoms with Crippen LogP contribution in [0.1, 0.15) is 25.1 Å². The molecule has 1 atom stereocenters. The Bertz CT molecular complexity index is 751. The first kappa shape index (κ1) is 17.3. The standard InChI is InChI=1S/C18H23N5O2/c1-12(11-25-3)20-18-15-6-8-23(13(2)24)10-16(15)21-17(22-18)14-5-4-7-19-9-14/h4-5,7,9,12H,6,8,10-11H2,1-3H3,(H,20,21,22)/t12-/m0/s1. The maximum Gasteiger partial charge on any atom is 0.219 e. The molecule has 0 bridgehead atoms. The van der Waals surface area contributed by atoms with Crippen molar-refractivity contribution in [2.75, 3.05) is 25.6 Å². The molecule has 2 aromatic heterocycles. The lowest BCUT2D eigenvalue weighted by Crippen LogP contribution is -2.36. The molecule has 0 radical (unpaired) electrons. The smallest absolute Gasteiger partial charge is 0.219 e. The molecule has 3 heterocycles. The molecule has 1 aliphatic heterocycles. The van der Waals surface area contributed by atoms with Gasteiger partial charge < -0.3 is 15.0 Å². The number of nitrogens with one attached hydrogen (secondary N) is 1. The van der Waals surface area contributed by atoms with Gasteiger partial charge in [0.2, 0.25) is 5.91 Å². The Kier molecular flexibility index (Phi) is 5.23. The second kappa shape index (κ2) is 7.57. The van der Waals surface area contributed by atoms with Crippen molar-refractivity contribution in [2.24, 2.45) is 0 Å². The van der Waals surface area contributed by atoms with Gasteiger partial charge in [-0.25, -0.2) is 9.97 Å². The Balaban J connectivity index is 2.01. The Morgan fingerprint density at radius 3 is 2.96 bits per heavy atom. The van der Waals surface area contributed by atoms with Crippen molar-refractivity contribution in [1.29, 1.82) is 0 Å². The molecule has 25 heavy (non-hydrogen) atoms. The van der Waals surface area contributed by atoms with E-state index in [4.69, 9.17) is 14.7 Å². The highest BCUT2D eigenvalue weighted by atomic mass is 16.5. The molecule has 0 unspecified atom stereocenters. The number of carbonyl (C=O) groups excluding carboxylic acids is 1. The number of fused-ring (bicyclic) bond motifs is 1. The molecule has 0 fully saturated rings. The molecule has 0 saturated heterocycles. The minimum Gasteiger partial charge on any atom is -0.383 e. The van der Waals surface area contributed by atoms with Gasteiger partial charge in [-0.1, -0.05) is 0 Å². The van der Waals surface area contributed by atoms with E-state index in [1.165, 1.54) is 0 Å². The van der Waals surface area contributed by atoms with E-state index in [9.17, 15) is 4.79 Å². The number of carbonyl (C=O) groups is 1. The normalized spacial score (nSPS) is 14.8. The van der Waals surface area contributed by atoms with Gasteiger partial charge in [-0.2, -0.15) is 0 Å². The number of amides is 1. The molecular weight excluding hydrogens is 318 g/mol. The van der Waals surface area contributed by atoms with E-state index < -0.39 is 0 Å². The molecule has 132 valence electrons. The van der Waals surface area contributed by atoms with Crippen LogP contribution in [-0.2, 0) is 22.5 Å². The number of ether oxygens (including phenoxy) is 1. The number of anilines is 1. The molecular formula is C18H23N5O2. The van der Waals surface area contributed by atoms with Crippen molar-refractivity contribution in [2.45, 2.75) is 32.9 Å². The van der Waals surface area contributed by atoms with Gasteiger partial charge in [0.15, 0.2) is 5.82 Å². The second-order valence-electron chi connectivity index (χ2n) is 6.25. The molecule has 7 heteroatoms. The minimum absolute atomic E-state index is 0.0643. The fourth-order valence-electron chi connectivity index (χ4n) is 2.97. The third-order valence-corrected chi connectivity index (χ3v) is 4.23. The van der Waals surface area contributed by atoms with Crippen LogP contribution in [0, 0.1) is 0 Å². The number of pyridine rings is 1. The average Bonchev–Trinajstić information content (AvgIpc) is 2.62. The van der Waals surface area contributed by atoms with Crippen molar-refractivity contribution in [3.63, 3.8) is 0 Å². The fourth-order valence-corrected chi connectivity index (χ4v) is 2.97. The SMILES string of the molecule is COC[C@H](C)Nc1nc(-c2cccnc2)nc2c1CCN(C(C)=O)C2. The Morgan fingerprint density at radius 2 is 2.28 bits per heavy atom. The number of rotatable bonds is 5. The van der Waals surface area contributed by atoms with Gasteiger partial charge in [-0.05, 0) is 25.5 Å². The van der Waals surface area contributed by atoms with Crippen LogP contribution in [-0.4, -0.2) is 52.1 Å². The number of methoxy groups -OCH3 is 1. The number of nitrogens with zero attached hydrogens (tertiary/aromatic N) is 4. The molecule has 1 amide bonds. The Labute approximate surface area is 147 Å². The average molecular weight is 341 g/mol. The van der Waals surface area contributed by atoms with Crippen LogP contribution >= 0.6 is 0 Å². The van der Waals surface area contributed by atoms with Gasteiger partial charge >= 0.3 is 0 Å². The van der Waals surface area contributed by atoms with Crippen LogP contribution in [0.15, 0.2) is 24.5 Å². The molecule has 3 rings (SSSR count). The molecule has 1 aliphatic rings. The van der Waals surface area contributed by atoms with E-state index in [0.717, 1.165) is 29.1 Å². The maximum atomic E-state index is 11.8. The zero-order chi connectivity index (χ0) is 17.8. The quantitative estimate of drug-likeness (QED) is 0.894. The summed E-state index contributed by atoms with van der Waals surface area (Å²) in [5.74, 6) is 1.50. The van der Waals surface area contributed by atoms with Crippen LogP contribution in [0.2, 0.25) is 0 Å². The van der Waals surface area contributed by atoms with Crippen LogP contribution < -0.4 is 5.32 Å². The Morgan fingerprint density at radius 1 is 1.44 bits per heavy atom. The van der Waals surface area contributed by atoms with Gasteiger partial charge in [0.25, 0.3) is 0 Å². The summed E-state index contributed by atoms with van der Waals surface area (Å²) in [4.78, 5) is 27.2. The van der Waals surface area contributed by atoms with E-state index in [1.54, 1.807) is 26.4 Å². The highest BCUT2D eigenvalue weighted by Gasteiger charge is 2.24. The molecule has 0 aromatic carbocycles. The molecule has 0 aliphatic carbocycles. The van der Waals surface area contributed by atoms with Crippen molar-refractivity contribution >= 4 is 11.7 Å². The summed E-state index contributed by atoms with van der Waals surface area (Å²) in [6.45, 7) is 5.42. The molecule has 0 saturated carbocycles. The van der Waals surface area contributed by atoms with Crippen LogP contribution in [0.5, 0.6) is 0 Å². The van der Waals surface area contributed by atoms with Crippen molar-refractivity contribution < 1.29 is 9.53 Å². The molecule has 2 aromatic rings. The lowest BCUT2D eigenvalue weighted by atomic mass is 10.0. The summed E-state index contributed by atoms with van der Waals surface area (Å²) in [6, 6.07) is 3.92. The van der Waals surface area contributed by atoms with Gasteiger partial charge in [-0.3, -0.25) is 9.78 Å². The lowest BCUT2D eigenvalue weighted by molar-refractivity contribution is -0.129. The minimum atomic E-state index is 0.0643. The third kappa shape index (κ3) is 3.93. The summed E-state index contributed by atoms with van der Waals surface area (Å²) in [5, 5.41) is 3.43. The zero-order valence-corrected chi connectivity index (χ0v) is 14.8. The highest BCUT2D eigenvalue weighted by Crippen LogP contribution is 2.27. The van der Waals surface area contributed by atoms with Crippen LogP contribution in [0.25, 0.3) is 11.4 Å². The molecule has 7 nitrogen and oxygen atoms in total. The largest absolute Gasteiger partial charge is 0.383 e. The van der Waals surface area contributed by atoms with Crippen molar-refractivity contribution in [1.82, 2.24) is 19.9 Å². The van der Waals surface area contributed by atoms with Crippen LogP contribution in [0.4, 0.5) is 5.82 Å². The monoisotopic (exact) mass is 341 g/mol. The maximum absolute atomic E-state index is 11.8. The first-order valence-corrected chi connectivity index (χ1v) is 8.39. The molecule has 0 spiro atoms. The third-order valence-electron chi connectivity index (χ3n) is 4.23. The van der Waals surface area contributed by atoms with Crippen LogP contribution in [0.3, 0.4) is 0 Å². The lowest BCUT2D eigenvalue weighted by Gasteiger charge is -2.29. The number of aromatic nitrogens is 3. The Hall–Kier alpha value is -2.54. The predicted molar refractivity (Wildman–Crippen MR) is 95.0 cm³/mol. The van der Waals surface area contributed by atoms with Gasteiger partial charge in [0.05, 0.1) is 18.8 Å². The summed E-state index contributed by atoms with van der Waals surface area (Å²) >= 11 is 0. The zero-order valence-electron chi connectivity index (χ0n) is 14.8. The number of hydrogen-bond acceptors (Lipinski definition) is 6. The highest BCUT2D eigenvalue weighted by molar-refractivity contribution is 5.74.